The number of aliphatic imine (C=N–C) groups is 1. The molecule has 0 amide bonds. The van der Waals surface area contributed by atoms with Crippen molar-refractivity contribution in [3.8, 4) is 17.3 Å². The van der Waals surface area contributed by atoms with Crippen LogP contribution in [0.25, 0.3) is 5.69 Å². The number of methoxy groups -OCH3 is 1. The van der Waals surface area contributed by atoms with E-state index < -0.39 is 5.56 Å². The monoisotopic (exact) mass is 389 g/mol. The number of aromatic amines is 1. The Morgan fingerprint density at radius 1 is 1.33 bits per heavy atom. The van der Waals surface area contributed by atoms with Gasteiger partial charge >= 0.3 is 0 Å². The molecule has 1 aliphatic heterocycles. The predicted octanol–water partition coefficient (Wildman–Crippen LogP) is 1.10. The first kappa shape index (κ1) is 19.3. The van der Waals surface area contributed by atoms with Gasteiger partial charge in [0.1, 0.15) is 11.3 Å². The first-order valence-electron chi connectivity index (χ1n) is 9.17. The minimum absolute atomic E-state index is 0.0863. The molecule has 0 unspecified atom stereocenters. The van der Waals surface area contributed by atoms with Crippen LogP contribution in [0.4, 0.5) is 0 Å². The maximum atomic E-state index is 12.3. The van der Waals surface area contributed by atoms with Gasteiger partial charge in [-0.25, -0.2) is 0 Å². The van der Waals surface area contributed by atoms with E-state index in [1.807, 2.05) is 6.07 Å². The summed E-state index contributed by atoms with van der Waals surface area (Å²) in [6, 6.07) is 7.14. The van der Waals surface area contributed by atoms with Crippen molar-refractivity contribution in [2.24, 2.45) is 4.99 Å². The van der Waals surface area contributed by atoms with Crippen LogP contribution < -0.4 is 15.2 Å². The topological polar surface area (TPSA) is 84.0 Å². The van der Waals surface area contributed by atoms with Crippen molar-refractivity contribution in [2.45, 2.75) is 19.3 Å². The van der Waals surface area contributed by atoms with Crippen molar-refractivity contribution < 1.29 is 14.7 Å². The fourth-order valence-electron chi connectivity index (χ4n) is 3.37. The van der Waals surface area contributed by atoms with Crippen molar-refractivity contribution in [3.05, 3.63) is 45.0 Å². The summed E-state index contributed by atoms with van der Waals surface area (Å²) in [5.41, 5.74) is 0.173. The predicted molar refractivity (Wildman–Crippen MR) is 107 cm³/mol. The molecule has 0 aliphatic carbocycles. The lowest BCUT2D eigenvalue weighted by atomic mass is 10.1. The van der Waals surface area contributed by atoms with Crippen LogP contribution in [0.3, 0.4) is 0 Å². The number of piperidine rings is 1. The molecule has 7 nitrogen and oxygen atoms in total. The number of quaternary nitrogens is 1. The van der Waals surface area contributed by atoms with Gasteiger partial charge in [0.15, 0.2) is 4.77 Å². The highest BCUT2D eigenvalue weighted by Gasteiger charge is 2.16. The van der Waals surface area contributed by atoms with E-state index in [1.165, 1.54) is 50.2 Å². The molecule has 3 N–H and O–H groups in total. The third-order valence-electron chi connectivity index (χ3n) is 4.82. The molecule has 8 heteroatoms. The molecule has 144 valence electrons. The van der Waals surface area contributed by atoms with Crippen LogP contribution in [0, 0.1) is 4.77 Å². The van der Waals surface area contributed by atoms with Crippen LogP contribution in [-0.2, 0) is 0 Å². The number of ether oxygens (including phenoxy) is 1. The summed E-state index contributed by atoms with van der Waals surface area (Å²) in [6.45, 7) is 3.90. The van der Waals surface area contributed by atoms with Crippen molar-refractivity contribution in [1.82, 2.24) is 9.55 Å². The normalized spacial score (nSPS) is 15.3. The highest BCUT2D eigenvalue weighted by atomic mass is 32.1. The molecule has 1 fully saturated rings. The van der Waals surface area contributed by atoms with Crippen LogP contribution in [0.2, 0.25) is 0 Å². The molecule has 27 heavy (non-hydrogen) atoms. The Kier molecular flexibility index (Phi) is 6.41. The number of hydrogen-bond donors (Lipinski definition) is 3. The average Bonchev–Trinajstić information content (AvgIpc) is 2.68. The largest absolute Gasteiger partial charge is 0.495 e. The van der Waals surface area contributed by atoms with Crippen molar-refractivity contribution >= 4 is 18.4 Å². The van der Waals surface area contributed by atoms with Gasteiger partial charge in [-0.2, -0.15) is 0 Å². The zero-order valence-electron chi connectivity index (χ0n) is 15.4. The summed E-state index contributed by atoms with van der Waals surface area (Å²) < 4.78 is 6.82. The number of hydrogen-bond acceptors (Lipinski definition) is 5. The van der Waals surface area contributed by atoms with Gasteiger partial charge < -0.3 is 14.7 Å². The Labute approximate surface area is 162 Å². The van der Waals surface area contributed by atoms with Crippen LogP contribution in [0.5, 0.6) is 11.6 Å². The van der Waals surface area contributed by atoms with Crippen molar-refractivity contribution in [2.75, 3.05) is 33.3 Å². The van der Waals surface area contributed by atoms with E-state index in [9.17, 15) is 9.90 Å². The maximum Gasteiger partial charge on any atom is 0.264 e. The number of likely N-dealkylation sites (tertiary alicyclic amines) is 1. The summed E-state index contributed by atoms with van der Waals surface area (Å²) in [5.74, 6) is 0.287. The molecule has 0 radical (unpaired) electrons. The number of rotatable bonds is 6. The summed E-state index contributed by atoms with van der Waals surface area (Å²) in [7, 11) is 1.54. The van der Waals surface area contributed by atoms with Gasteiger partial charge in [0, 0.05) is 6.21 Å². The summed E-state index contributed by atoms with van der Waals surface area (Å²) in [6.07, 6.45) is 5.27. The van der Waals surface area contributed by atoms with Gasteiger partial charge in [-0.05, 0) is 43.6 Å². The molecule has 1 saturated heterocycles. The van der Waals surface area contributed by atoms with Gasteiger partial charge in [-0.3, -0.25) is 19.3 Å². The molecule has 1 aromatic heterocycles. The Hall–Kier alpha value is -2.45. The third-order valence-corrected chi connectivity index (χ3v) is 5.11. The molecule has 0 spiro atoms. The highest BCUT2D eigenvalue weighted by Crippen LogP contribution is 2.26. The molecule has 1 aliphatic rings. The molecule has 2 aromatic rings. The van der Waals surface area contributed by atoms with Crippen LogP contribution >= 0.6 is 12.2 Å². The molecular formula is C19H25N4O3S+. The van der Waals surface area contributed by atoms with Gasteiger partial charge in [0.25, 0.3) is 5.56 Å². The lowest BCUT2D eigenvalue weighted by molar-refractivity contribution is -0.903. The second-order valence-corrected chi connectivity index (χ2v) is 6.99. The quantitative estimate of drug-likeness (QED) is 0.510. The second kappa shape index (κ2) is 8.96. The van der Waals surface area contributed by atoms with Crippen LogP contribution in [0.1, 0.15) is 24.8 Å². The lowest BCUT2D eigenvalue weighted by Gasteiger charge is -2.22. The zero-order chi connectivity index (χ0) is 19.2. The first-order chi connectivity index (χ1) is 13.1. The van der Waals surface area contributed by atoms with Gasteiger partial charge in [-0.1, -0.05) is 12.1 Å². The Balaban J connectivity index is 1.87. The molecule has 3 rings (SSSR count). The molecule has 2 heterocycles. The Morgan fingerprint density at radius 2 is 2.07 bits per heavy atom. The van der Waals surface area contributed by atoms with Crippen molar-refractivity contribution in [3.63, 3.8) is 0 Å². The standard InChI is InChI=1S/C19H24N4O3S/c1-26-16-8-4-3-7-15(16)23-18(25)14(17(24)21-19(23)27)13-20-9-12-22-10-5-2-6-11-22/h3-4,7-8,13,25H,2,5-6,9-12H2,1H3,(H,21,24,27)/p+1. The number of para-hydroxylation sites is 2. The van der Waals surface area contributed by atoms with E-state index in [4.69, 9.17) is 17.0 Å². The third kappa shape index (κ3) is 4.45. The molecule has 0 atom stereocenters. The SMILES string of the molecule is COc1ccccc1-n1c(O)c(C=NCC[NH+]2CCCCC2)c(=O)[nH]c1=S. The summed E-state index contributed by atoms with van der Waals surface area (Å²) in [5, 5.41) is 10.7. The van der Waals surface area contributed by atoms with E-state index in [-0.39, 0.29) is 16.2 Å². The number of benzene rings is 1. The molecular weight excluding hydrogens is 364 g/mol. The summed E-state index contributed by atoms with van der Waals surface area (Å²) >= 11 is 5.24. The maximum absolute atomic E-state index is 12.3. The second-order valence-electron chi connectivity index (χ2n) is 6.60. The van der Waals surface area contributed by atoms with Crippen LogP contribution in [-0.4, -0.2) is 54.2 Å². The number of aromatic hydroxyl groups is 1. The number of H-pyrrole nitrogens is 1. The van der Waals surface area contributed by atoms with E-state index in [0.29, 0.717) is 18.0 Å². The number of nitrogens with zero attached hydrogens (tertiary/aromatic N) is 2. The number of aromatic nitrogens is 2. The fraction of sp³-hybridized carbons (Fsp3) is 0.421. The zero-order valence-corrected chi connectivity index (χ0v) is 16.2. The van der Waals surface area contributed by atoms with E-state index in [1.54, 1.807) is 23.1 Å². The molecule has 1 aromatic carbocycles. The smallest absolute Gasteiger partial charge is 0.264 e. The molecule has 0 bridgehead atoms. The Bertz CT molecular complexity index is 929. The average molecular weight is 390 g/mol. The van der Waals surface area contributed by atoms with Gasteiger partial charge in [0.05, 0.1) is 39.0 Å². The first-order valence-corrected chi connectivity index (χ1v) is 9.57. The lowest BCUT2D eigenvalue weighted by Crippen LogP contribution is -3.13. The van der Waals surface area contributed by atoms with E-state index >= 15 is 0 Å². The Morgan fingerprint density at radius 3 is 2.81 bits per heavy atom. The van der Waals surface area contributed by atoms with E-state index in [2.05, 4.69) is 9.98 Å². The minimum atomic E-state index is -0.460. The van der Waals surface area contributed by atoms with Gasteiger partial charge in [-0.15, -0.1) is 0 Å². The van der Waals surface area contributed by atoms with E-state index in [0.717, 1.165) is 6.54 Å². The van der Waals surface area contributed by atoms with Crippen molar-refractivity contribution in [1.29, 1.82) is 0 Å². The highest BCUT2D eigenvalue weighted by molar-refractivity contribution is 7.71. The molecule has 0 saturated carbocycles. The fourth-order valence-corrected chi connectivity index (χ4v) is 3.65. The number of nitrogens with one attached hydrogen (secondary N) is 2. The minimum Gasteiger partial charge on any atom is -0.495 e. The van der Waals surface area contributed by atoms with Gasteiger partial charge in [0.2, 0.25) is 5.88 Å². The summed E-state index contributed by atoms with van der Waals surface area (Å²) in [4.78, 5) is 20.8. The van der Waals surface area contributed by atoms with Crippen LogP contribution in [0.15, 0.2) is 34.1 Å².